The number of hydrogen-bond acceptors (Lipinski definition) is 5. The molecule has 0 radical (unpaired) electrons. The van der Waals surface area contributed by atoms with E-state index in [0.29, 0.717) is 5.90 Å². The van der Waals surface area contributed by atoms with Crippen LogP contribution < -0.4 is 0 Å². The SMILES string of the molecule is CS(=O)(=O)c1ccc(C2OC(c3ccccc3)=NC2CO)cc1. The molecule has 0 aromatic heterocycles. The van der Waals surface area contributed by atoms with Crippen LogP contribution in [0.25, 0.3) is 0 Å². The standard InChI is InChI=1S/C17H17NO4S/c1-23(20,21)14-9-7-12(8-10-14)16-15(11-19)18-17(22-16)13-5-3-2-4-6-13/h2-10,15-16,19H,11H2,1H3. The third-order valence-corrected chi connectivity index (χ3v) is 4.84. The van der Waals surface area contributed by atoms with Gasteiger partial charge in [-0.15, -0.1) is 0 Å². The van der Waals surface area contributed by atoms with Gasteiger partial charge >= 0.3 is 0 Å². The maximum absolute atomic E-state index is 11.5. The van der Waals surface area contributed by atoms with Gasteiger partial charge in [-0.1, -0.05) is 30.3 Å². The third-order valence-electron chi connectivity index (χ3n) is 3.72. The van der Waals surface area contributed by atoms with E-state index in [0.717, 1.165) is 11.1 Å². The van der Waals surface area contributed by atoms with Crippen LogP contribution in [-0.4, -0.2) is 38.3 Å². The number of sulfone groups is 1. The van der Waals surface area contributed by atoms with Crippen LogP contribution in [-0.2, 0) is 14.6 Å². The van der Waals surface area contributed by atoms with Gasteiger partial charge in [0.05, 0.1) is 11.5 Å². The van der Waals surface area contributed by atoms with Crippen molar-refractivity contribution in [3.63, 3.8) is 0 Å². The molecular formula is C17H17NO4S. The Bertz CT molecular complexity index is 813. The summed E-state index contributed by atoms with van der Waals surface area (Å²) >= 11 is 0. The summed E-state index contributed by atoms with van der Waals surface area (Å²) in [5.41, 5.74) is 1.63. The van der Waals surface area contributed by atoms with Crippen LogP contribution in [0, 0.1) is 0 Å². The number of nitrogens with zero attached hydrogens (tertiary/aromatic N) is 1. The average molecular weight is 331 g/mol. The van der Waals surface area contributed by atoms with E-state index in [1.807, 2.05) is 30.3 Å². The predicted octanol–water partition coefficient (Wildman–Crippen LogP) is 1.97. The lowest BCUT2D eigenvalue weighted by Crippen LogP contribution is -2.18. The van der Waals surface area contributed by atoms with E-state index in [2.05, 4.69) is 4.99 Å². The number of aliphatic imine (C=N–C) groups is 1. The van der Waals surface area contributed by atoms with Crippen LogP contribution in [0.4, 0.5) is 0 Å². The van der Waals surface area contributed by atoms with Gasteiger partial charge in [-0.05, 0) is 29.8 Å². The molecule has 1 heterocycles. The van der Waals surface area contributed by atoms with Gasteiger partial charge in [0, 0.05) is 11.8 Å². The molecular weight excluding hydrogens is 314 g/mol. The normalized spacial score (nSPS) is 20.9. The maximum atomic E-state index is 11.5. The average Bonchev–Trinajstić information content (AvgIpc) is 2.99. The fraction of sp³-hybridized carbons (Fsp3) is 0.235. The first-order valence-electron chi connectivity index (χ1n) is 7.20. The monoisotopic (exact) mass is 331 g/mol. The van der Waals surface area contributed by atoms with Gasteiger partial charge in [0.2, 0.25) is 5.90 Å². The second-order valence-electron chi connectivity index (χ2n) is 5.43. The van der Waals surface area contributed by atoms with E-state index in [1.165, 1.54) is 6.26 Å². The van der Waals surface area contributed by atoms with E-state index < -0.39 is 22.0 Å². The van der Waals surface area contributed by atoms with Crippen molar-refractivity contribution in [2.75, 3.05) is 12.9 Å². The van der Waals surface area contributed by atoms with Gasteiger partial charge in [0.25, 0.3) is 0 Å². The first kappa shape index (κ1) is 15.7. The number of benzene rings is 2. The van der Waals surface area contributed by atoms with Crippen LogP contribution >= 0.6 is 0 Å². The molecule has 0 bridgehead atoms. The lowest BCUT2D eigenvalue weighted by molar-refractivity contribution is 0.152. The number of aliphatic hydroxyl groups excluding tert-OH is 1. The van der Waals surface area contributed by atoms with Crippen molar-refractivity contribution in [1.29, 1.82) is 0 Å². The van der Waals surface area contributed by atoms with Gasteiger partial charge < -0.3 is 9.84 Å². The second-order valence-corrected chi connectivity index (χ2v) is 7.45. The molecule has 2 aromatic rings. The van der Waals surface area contributed by atoms with Gasteiger partial charge in [0.1, 0.15) is 6.04 Å². The molecule has 2 atom stereocenters. The molecule has 3 rings (SSSR count). The number of rotatable bonds is 4. The zero-order valence-electron chi connectivity index (χ0n) is 12.6. The summed E-state index contributed by atoms with van der Waals surface area (Å²) < 4.78 is 29.0. The van der Waals surface area contributed by atoms with E-state index in [1.54, 1.807) is 24.3 Å². The lowest BCUT2D eigenvalue weighted by atomic mass is 10.0. The van der Waals surface area contributed by atoms with Crippen molar-refractivity contribution in [2.24, 2.45) is 4.99 Å². The molecule has 120 valence electrons. The van der Waals surface area contributed by atoms with Crippen molar-refractivity contribution in [3.8, 4) is 0 Å². The van der Waals surface area contributed by atoms with E-state index in [-0.39, 0.29) is 11.5 Å². The Kier molecular flexibility index (Phi) is 4.19. The summed E-state index contributed by atoms with van der Waals surface area (Å²) in [5, 5.41) is 9.56. The van der Waals surface area contributed by atoms with E-state index in [4.69, 9.17) is 4.74 Å². The molecule has 2 aromatic carbocycles. The number of hydrogen-bond donors (Lipinski definition) is 1. The van der Waals surface area contributed by atoms with Crippen LogP contribution in [0.15, 0.2) is 64.5 Å². The lowest BCUT2D eigenvalue weighted by Gasteiger charge is -2.16. The molecule has 2 unspecified atom stereocenters. The van der Waals surface area contributed by atoms with Crippen LogP contribution in [0.2, 0.25) is 0 Å². The Morgan fingerprint density at radius 3 is 2.30 bits per heavy atom. The highest BCUT2D eigenvalue weighted by Crippen LogP contribution is 2.31. The highest BCUT2D eigenvalue weighted by Gasteiger charge is 2.32. The van der Waals surface area contributed by atoms with Crippen molar-refractivity contribution in [1.82, 2.24) is 0 Å². The minimum absolute atomic E-state index is 0.144. The minimum atomic E-state index is -3.23. The Balaban J connectivity index is 1.87. The van der Waals surface area contributed by atoms with E-state index >= 15 is 0 Å². The predicted molar refractivity (Wildman–Crippen MR) is 87.2 cm³/mol. The molecule has 0 amide bonds. The summed E-state index contributed by atoms with van der Waals surface area (Å²) in [5.74, 6) is 0.488. The fourth-order valence-electron chi connectivity index (χ4n) is 2.50. The zero-order chi connectivity index (χ0) is 16.4. The van der Waals surface area contributed by atoms with Crippen molar-refractivity contribution in [2.45, 2.75) is 17.0 Å². The summed E-state index contributed by atoms with van der Waals surface area (Å²) in [6, 6.07) is 15.6. The summed E-state index contributed by atoms with van der Waals surface area (Å²) in [6.07, 6.45) is 0.741. The molecule has 0 fully saturated rings. The highest BCUT2D eigenvalue weighted by molar-refractivity contribution is 7.90. The van der Waals surface area contributed by atoms with Crippen molar-refractivity contribution >= 4 is 15.7 Å². The molecule has 0 aliphatic carbocycles. The minimum Gasteiger partial charge on any atom is -0.467 e. The number of aliphatic hydroxyl groups is 1. The van der Waals surface area contributed by atoms with Crippen LogP contribution in [0.3, 0.4) is 0 Å². The molecule has 6 heteroatoms. The Morgan fingerprint density at radius 1 is 1.09 bits per heavy atom. The smallest absolute Gasteiger partial charge is 0.217 e. The molecule has 0 saturated heterocycles. The van der Waals surface area contributed by atoms with Crippen molar-refractivity contribution < 1.29 is 18.3 Å². The Hall–Kier alpha value is -2.18. The third kappa shape index (κ3) is 3.28. The molecule has 23 heavy (non-hydrogen) atoms. The number of ether oxygens (including phenoxy) is 1. The first-order chi connectivity index (χ1) is 11.0. The Labute approximate surface area is 135 Å². The quantitative estimate of drug-likeness (QED) is 0.929. The fourth-order valence-corrected chi connectivity index (χ4v) is 3.13. The van der Waals surface area contributed by atoms with Crippen molar-refractivity contribution in [3.05, 3.63) is 65.7 Å². The molecule has 1 N–H and O–H groups in total. The molecule has 0 saturated carbocycles. The zero-order valence-corrected chi connectivity index (χ0v) is 13.4. The van der Waals surface area contributed by atoms with Gasteiger partial charge in [-0.2, -0.15) is 0 Å². The Morgan fingerprint density at radius 2 is 1.74 bits per heavy atom. The maximum Gasteiger partial charge on any atom is 0.217 e. The molecule has 1 aliphatic heterocycles. The van der Waals surface area contributed by atoms with Gasteiger partial charge in [0.15, 0.2) is 15.9 Å². The van der Waals surface area contributed by atoms with Crippen LogP contribution in [0.1, 0.15) is 17.2 Å². The summed E-state index contributed by atoms with van der Waals surface area (Å²) in [4.78, 5) is 4.69. The largest absolute Gasteiger partial charge is 0.467 e. The van der Waals surface area contributed by atoms with Gasteiger partial charge in [-0.3, -0.25) is 0 Å². The molecule has 5 nitrogen and oxygen atoms in total. The summed E-state index contributed by atoms with van der Waals surface area (Å²) in [6.45, 7) is -0.144. The second kappa shape index (κ2) is 6.14. The van der Waals surface area contributed by atoms with Crippen LogP contribution in [0.5, 0.6) is 0 Å². The topological polar surface area (TPSA) is 76.0 Å². The van der Waals surface area contributed by atoms with Gasteiger partial charge in [-0.25, -0.2) is 13.4 Å². The summed E-state index contributed by atoms with van der Waals surface area (Å²) in [7, 11) is -3.23. The first-order valence-corrected chi connectivity index (χ1v) is 9.09. The molecule has 0 spiro atoms. The highest BCUT2D eigenvalue weighted by atomic mass is 32.2. The molecule has 1 aliphatic rings. The van der Waals surface area contributed by atoms with E-state index in [9.17, 15) is 13.5 Å².